The van der Waals surface area contributed by atoms with Crippen molar-refractivity contribution in [2.24, 2.45) is 5.73 Å². The molecule has 1 aliphatic heterocycles. The Hall–Kier alpha value is -3.46. The van der Waals surface area contributed by atoms with Crippen LogP contribution in [0.2, 0.25) is 0 Å². The van der Waals surface area contributed by atoms with E-state index in [4.69, 9.17) is 10.8 Å². The molecule has 0 saturated heterocycles. The number of H-pyrrole nitrogens is 2. The largest absolute Gasteiger partial charge is 0.348 e. The molecule has 0 radical (unpaired) electrons. The van der Waals surface area contributed by atoms with Gasteiger partial charge in [-0.15, -0.1) is 0 Å². The maximum absolute atomic E-state index is 12.9. The smallest absolute Gasteiger partial charge is 0.240 e. The molecule has 4 heterocycles. The van der Waals surface area contributed by atoms with Crippen molar-refractivity contribution in [1.82, 2.24) is 34.6 Å². The minimum Gasteiger partial charge on any atom is -0.348 e. The number of carbonyl (C=O) groups is 1. The number of nitrogens with two attached hydrogens (primary N) is 1. The molecule has 4 aromatic rings. The SMILES string of the molecule is N[C@@H](Cc1cnc[nH]1)C(=O)N1CCCn2nc(-c3nc4ccccc4[nH]3)cc2C1. The van der Waals surface area contributed by atoms with Crippen LogP contribution in [0.25, 0.3) is 22.6 Å². The minimum absolute atomic E-state index is 0.0560. The lowest BCUT2D eigenvalue weighted by molar-refractivity contribution is -0.133. The summed E-state index contributed by atoms with van der Waals surface area (Å²) in [5.41, 5.74) is 10.7. The molecule has 1 aliphatic rings. The Morgan fingerprint density at radius 1 is 1.28 bits per heavy atom. The van der Waals surface area contributed by atoms with Gasteiger partial charge in [0.1, 0.15) is 5.69 Å². The number of imidazole rings is 2. The highest BCUT2D eigenvalue weighted by molar-refractivity contribution is 5.82. The van der Waals surface area contributed by atoms with Crippen molar-refractivity contribution in [3.05, 3.63) is 54.2 Å². The highest BCUT2D eigenvalue weighted by Gasteiger charge is 2.26. The Balaban J connectivity index is 1.36. The van der Waals surface area contributed by atoms with Crippen LogP contribution in [0.4, 0.5) is 0 Å². The quantitative estimate of drug-likeness (QED) is 0.487. The van der Waals surface area contributed by atoms with Gasteiger partial charge in [-0.25, -0.2) is 9.97 Å². The van der Waals surface area contributed by atoms with E-state index >= 15 is 0 Å². The molecule has 0 saturated carbocycles. The van der Waals surface area contributed by atoms with Gasteiger partial charge in [-0.2, -0.15) is 5.10 Å². The molecule has 3 aromatic heterocycles. The Bertz CT molecular complexity index is 1110. The van der Waals surface area contributed by atoms with E-state index in [1.165, 1.54) is 0 Å². The molecule has 0 unspecified atom stereocenters. The molecule has 1 amide bonds. The lowest BCUT2D eigenvalue weighted by Crippen LogP contribution is -2.44. The minimum atomic E-state index is -0.597. The van der Waals surface area contributed by atoms with E-state index in [0.717, 1.165) is 46.9 Å². The Morgan fingerprint density at radius 2 is 2.17 bits per heavy atom. The van der Waals surface area contributed by atoms with Crippen molar-refractivity contribution in [2.75, 3.05) is 6.54 Å². The van der Waals surface area contributed by atoms with Crippen molar-refractivity contribution < 1.29 is 4.79 Å². The fourth-order valence-electron chi connectivity index (χ4n) is 3.80. The van der Waals surface area contributed by atoms with E-state index in [2.05, 4.69) is 19.9 Å². The first-order chi connectivity index (χ1) is 14.2. The molecule has 4 N–H and O–H groups in total. The number of hydrogen-bond donors (Lipinski definition) is 3. The second-order valence-corrected chi connectivity index (χ2v) is 7.35. The van der Waals surface area contributed by atoms with Crippen molar-refractivity contribution in [3.8, 4) is 11.5 Å². The van der Waals surface area contributed by atoms with Crippen molar-refractivity contribution in [2.45, 2.75) is 32.0 Å². The summed E-state index contributed by atoms with van der Waals surface area (Å²) in [7, 11) is 0. The molecule has 148 valence electrons. The molecule has 0 fully saturated rings. The number of hydrogen-bond acceptors (Lipinski definition) is 5. The number of benzene rings is 1. The van der Waals surface area contributed by atoms with Crippen LogP contribution in [0.5, 0.6) is 0 Å². The van der Waals surface area contributed by atoms with Gasteiger partial charge >= 0.3 is 0 Å². The molecule has 0 aliphatic carbocycles. The molecular formula is C20H22N8O. The maximum Gasteiger partial charge on any atom is 0.240 e. The van der Waals surface area contributed by atoms with Gasteiger partial charge in [0.05, 0.1) is 35.6 Å². The summed E-state index contributed by atoms with van der Waals surface area (Å²) >= 11 is 0. The summed E-state index contributed by atoms with van der Waals surface area (Å²) in [6, 6.07) is 9.31. The monoisotopic (exact) mass is 390 g/mol. The van der Waals surface area contributed by atoms with Crippen LogP contribution >= 0.6 is 0 Å². The highest BCUT2D eigenvalue weighted by atomic mass is 16.2. The molecule has 9 nitrogen and oxygen atoms in total. The van der Waals surface area contributed by atoms with E-state index in [0.29, 0.717) is 19.5 Å². The number of rotatable bonds is 4. The van der Waals surface area contributed by atoms with E-state index in [-0.39, 0.29) is 5.91 Å². The first-order valence-electron chi connectivity index (χ1n) is 9.71. The highest BCUT2D eigenvalue weighted by Crippen LogP contribution is 2.23. The van der Waals surface area contributed by atoms with Gasteiger partial charge in [-0.05, 0) is 24.6 Å². The molecule has 5 rings (SSSR count). The Labute approximate surface area is 167 Å². The fourth-order valence-corrected chi connectivity index (χ4v) is 3.80. The first-order valence-corrected chi connectivity index (χ1v) is 9.71. The van der Waals surface area contributed by atoms with E-state index in [9.17, 15) is 4.79 Å². The predicted molar refractivity (Wildman–Crippen MR) is 108 cm³/mol. The molecule has 9 heteroatoms. The number of aryl methyl sites for hydroxylation is 1. The van der Waals surface area contributed by atoms with Crippen LogP contribution in [-0.2, 0) is 24.3 Å². The van der Waals surface area contributed by atoms with Crippen LogP contribution in [0, 0.1) is 0 Å². The average Bonchev–Trinajstić information content (AvgIpc) is 3.44. The molecule has 29 heavy (non-hydrogen) atoms. The zero-order chi connectivity index (χ0) is 19.8. The lowest BCUT2D eigenvalue weighted by Gasteiger charge is -2.23. The van der Waals surface area contributed by atoms with Crippen LogP contribution < -0.4 is 5.73 Å². The number of aromatic nitrogens is 6. The lowest BCUT2D eigenvalue weighted by atomic mass is 10.1. The molecule has 1 aromatic carbocycles. The second kappa shape index (κ2) is 7.17. The van der Waals surface area contributed by atoms with Crippen molar-refractivity contribution >= 4 is 16.9 Å². The van der Waals surface area contributed by atoms with Gasteiger partial charge in [0.25, 0.3) is 0 Å². The third-order valence-electron chi connectivity index (χ3n) is 5.27. The van der Waals surface area contributed by atoms with Crippen LogP contribution in [0.15, 0.2) is 42.9 Å². The summed E-state index contributed by atoms with van der Waals surface area (Å²) in [6.07, 6.45) is 4.57. The third-order valence-corrected chi connectivity index (χ3v) is 5.27. The van der Waals surface area contributed by atoms with E-state index < -0.39 is 6.04 Å². The summed E-state index contributed by atoms with van der Waals surface area (Å²) in [5, 5.41) is 4.72. The predicted octanol–water partition coefficient (Wildman–Crippen LogP) is 1.45. The number of nitrogens with one attached hydrogen (secondary N) is 2. The zero-order valence-corrected chi connectivity index (χ0v) is 15.9. The Morgan fingerprint density at radius 3 is 3.00 bits per heavy atom. The number of carbonyl (C=O) groups excluding carboxylic acids is 1. The van der Waals surface area contributed by atoms with Crippen molar-refractivity contribution in [3.63, 3.8) is 0 Å². The summed E-state index contributed by atoms with van der Waals surface area (Å²) in [5.74, 6) is 0.681. The summed E-state index contributed by atoms with van der Waals surface area (Å²) in [4.78, 5) is 29.7. The Kier molecular flexibility index (Phi) is 4.36. The normalized spacial score (nSPS) is 15.3. The van der Waals surface area contributed by atoms with Gasteiger partial charge in [-0.1, -0.05) is 12.1 Å². The van der Waals surface area contributed by atoms with Gasteiger partial charge < -0.3 is 20.6 Å². The first kappa shape index (κ1) is 17.6. The second-order valence-electron chi connectivity index (χ2n) is 7.35. The summed E-state index contributed by atoms with van der Waals surface area (Å²) in [6.45, 7) is 1.91. The number of aromatic amines is 2. The summed E-state index contributed by atoms with van der Waals surface area (Å²) < 4.78 is 1.97. The third kappa shape index (κ3) is 3.40. The van der Waals surface area contributed by atoms with Gasteiger partial charge in [0.2, 0.25) is 5.91 Å². The van der Waals surface area contributed by atoms with Gasteiger partial charge in [0.15, 0.2) is 5.82 Å². The van der Waals surface area contributed by atoms with Crippen LogP contribution in [-0.4, -0.2) is 53.1 Å². The number of nitrogens with zero attached hydrogens (tertiary/aromatic N) is 5. The topological polar surface area (TPSA) is 122 Å². The van der Waals surface area contributed by atoms with Crippen LogP contribution in [0.1, 0.15) is 17.8 Å². The molecular weight excluding hydrogens is 368 g/mol. The number of fused-ring (bicyclic) bond motifs is 2. The van der Waals surface area contributed by atoms with Gasteiger partial charge in [-0.3, -0.25) is 9.48 Å². The van der Waals surface area contributed by atoms with Crippen LogP contribution in [0.3, 0.4) is 0 Å². The van der Waals surface area contributed by atoms with Gasteiger partial charge in [0, 0.05) is 31.4 Å². The average molecular weight is 390 g/mol. The molecule has 1 atom stereocenters. The van der Waals surface area contributed by atoms with E-state index in [1.54, 1.807) is 12.5 Å². The standard InChI is InChI=1S/C20H22N8O/c21-15(8-13-10-22-12-23-13)20(29)27-6-3-7-28-14(11-27)9-18(26-28)19-24-16-4-1-2-5-17(16)25-19/h1-2,4-5,9-10,12,15H,3,6-8,11,21H2,(H,22,23)(H,24,25)/t15-/m0/s1. The van der Waals surface area contributed by atoms with E-state index in [1.807, 2.05) is 39.9 Å². The molecule has 0 spiro atoms. The maximum atomic E-state index is 12.9. The fraction of sp³-hybridized carbons (Fsp3) is 0.300. The van der Waals surface area contributed by atoms with Crippen molar-refractivity contribution in [1.29, 1.82) is 0 Å². The zero-order valence-electron chi connectivity index (χ0n) is 15.9. The number of para-hydroxylation sites is 2. The molecule has 0 bridgehead atoms. The number of amides is 1.